The Morgan fingerprint density at radius 2 is 2.27 bits per heavy atom. The Kier molecular flexibility index (Phi) is 2.46. The molecule has 1 aliphatic heterocycles. The second-order valence-corrected chi connectivity index (χ2v) is 2.91. The van der Waals surface area contributed by atoms with Gasteiger partial charge in [0.05, 0.1) is 12.1 Å². The first-order chi connectivity index (χ1) is 5.15. The molecule has 0 bridgehead atoms. The molecule has 1 saturated heterocycles. The molecule has 0 aliphatic carbocycles. The lowest BCUT2D eigenvalue weighted by atomic mass is 10.1. The second kappa shape index (κ2) is 3.19. The minimum absolute atomic E-state index is 0.0674. The van der Waals surface area contributed by atoms with E-state index < -0.39 is 0 Å². The number of amides is 1. The Hall–Kier alpha value is -0.610. The van der Waals surface area contributed by atoms with Gasteiger partial charge in [0.15, 0.2) is 0 Å². The van der Waals surface area contributed by atoms with E-state index >= 15 is 0 Å². The smallest absolute Gasteiger partial charge is 0.239 e. The van der Waals surface area contributed by atoms with Gasteiger partial charge in [-0.05, 0) is 14.0 Å². The van der Waals surface area contributed by atoms with Crippen molar-refractivity contribution in [3.63, 3.8) is 0 Å². The van der Waals surface area contributed by atoms with Gasteiger partial charge >= 0.3 is 0 Å². The third kappa shape index (κ3) is 1.70. The highest BCUT2D eigenvalue weighted by Gasteiger charge is 2.30. The van der Waals surface area contributed by atoms with E-state index in [9.17, 15) is 4.79 Å². The van der Waals surface area contributed by atoms with Crippen LogP contribution in [-0.2, 0) is 4.79 Å². The van der Waals surface area contributed by atoms with Crippen LogP contribution in [0.4, 0.5) is 0 Å². The quantitative estimate of drug-likeness (QED) is 0.530. The van der Waals surface area contributed by atoms with Gasteiger partial charge in [-0.3, -0.25) is 4.79 Å². The van der Waals surface area contributed by atoms with Crippen LogP contribution in [0.2, 0.25) is 0 Å². The Morgan fingerprint density at radius 3 is 2.64 bits per heavy atom. The number of likely N-dealkylation sites (tertiary alicyclic amines) is 1. The number of rotatable bonds is 2. The molecule has 64 valence electrons. The van der Waals surface area contributed by atoms with Crippen LogP contribution in [0.3, 0.4) is 0 Å². The summed E-state index contributed by atoms with van der Waals surface area (Å²) in [7, 11) is 1.75. The van der Waals surface area contributed by atoms with Crippen molar-refractivity contribution < 1.29 is 9.90 Å². The van der Waals surface area contributed by atoms with Crippen molar-refractivity contribution >= 4 is 5.91 Å². The van der Waals surface area contributed by atoms with Crippen LogP contribution in [0.15, 0.2) is 0 Å². The number of aliphatic hydroxyl groups is 1. The van der Waals surface area contributed by atoms with Gasteiger partial charge in [0.25, 0.3) is 0 Å². The van der Waals surface area contributed by atoms with Crippen molar-refractivity contribution in [1.29, 1.82) is 0 Å². The monoisotopic (exact) mass is 158 g/mol. The summed E-state index contributed by atoms with van der Waals surface area (Å²) in [6.07, 6.45) is -0.303. The van der Waals surface area contributed by atoms with Gasteiger partial charge in [0.2, 0.25) is 5.91 Å². The van der Waals surface area contributed by atoms with Gasteiger partial charge in [-0.25, -0.2) is 0 Å². The van der Waals surface area contributed by atoms with Gasteiger partial charge in [0.1, 0.15) is 0 Å². The maximum absolute atomic E-state index is 11.3. The molecule has 1 amide bonds. The van der Waals surface area contributed by atoms with Crippen LogP contribution in [-0.4, -0.2) is 48.2 Å². The Labute approximate surface area is 66.2 Å². The van der Waals surface area contributed by atoms with E-state index in [4.69, 9.17) is 5.11 Å². The third-order valence-electron chi connectivity index (χ3n) is 1.98. The first kappa shape index (κ1) is 8.49. The summed E-state index contributed by atoms with van der Waals surface area (Å²) in [4.78, 5) is 12.9. The molecule has 0 spiro atoms. The number of carbonyl (C=O) groups excluding carboxylic acids is 1. The molecule has 0 aromatic rings. The molecule has 0 radical (unpaired) electrons. The van der Waals surface area contributed by atoms with Crippen molar-refractivity contribution in [2.24, 2.45) is 0 Å². The Bertz CT molecular complexity index is 155. The number of aliphatic hydroxyl groups excluding tert-OH is 1. The zero-order chi connectivity index (χ0) is 8.43. The molecule has 1 heterocycles. The molecule has 2 N–H and O–H groups in total. The van der Waals surface area contributed by atoms with E-state index in [1.54, 1.807) is 11.9 Å². The van der Waals surface area contributed by atoms with Crippen molar-refractivity contribution in [2.75, 3.05) is 20.1 Å². The number of hydrogen-bond acceptors (Lipinski definition) is 3. The molecular formula is C7H14N2O2. The summed E-state index contributed by atoms with van der Waals surface area (Å²) in [5.41, 5.74) is 0. The minimum atomic E-state index is -0.303. The van der Waals surface area contributed by atoms with Gasteiger partial charge in [-0.2, -0.15) is 0 Å². The van der Waals surface area contributed by atoms with Crippen molar-refractivity contribution in [1.82, 2.24) is 10.2 Å². The maximum Gasteiger partial charge on any atom is 0.239 e. The van der Waals surface area contributed by atoms with Gasteiger partial charge in [-0.15, -0.1) is 0 Å². The summed E-state index contributed by atoms with van der Waals surface area (Å²) in [6, 6.07) is -0.137. The molecule has 0 aromatic carbocycles. The van der Waals surface area contributed by atoms with E-state index in [2.05, 4.69) is 5.32 Å². The van der Waals surface area contributed by atoms with Crippen LogP contribution < -0.4 is 5.32 Å². The highest BCUT2D eigenvalue weighted by atomic mass is 16.3. The van der Waals surface area contributed by atoms with E-state index in [0.717, 1.165) is 0 Å². The zero-order valence-electron chi connectivity index (χ0n) is 6.87. The number of hydrogen-bond donors (Lipinski definition) is 2. The lowest BCUT2D eigenvalue weighted by molar-refractivity contribution is -0.142. The van der Waals surface area contributed by atoms with Crippen LogP contribution in [0.1, 0.15) is 6.92 Å². The molecular weight excluding hydrogens is 144 g/mol. The fraction of sp³-hybridized carbons (Fsp3) is 0.857. The average Bonchev–Trinajstić information content (AvgIpc) is 1.96. The van der Waals surface area contributed by atoms with Crippen molar-refractivity contribution in [3.05, 3.63) is 0 Å². The number of nitrogens with one attached hydrogen (secondary N) is 1. The minimum Gasteiger partial charge on any atom is -0.389 e. The van der Waals surface area contributed by atoms with Crippen molar-refractivity contribution in [2.45, 2.75) is 19.1 Å². The number of nitrogens with zero attached hydrogens (tertiary/aromatic N) is 1. The van der Waals surface area contributed by atoms with Gasteiger partial charge in [-0.1, -0.05) is 0 Å². The summed E-state index contributed by atoms with van der Waals surface area (Å²) in [5.74, 6) is 0.0674. The standard InChI is InChI=1S/C7H14N2O2/c1-5(8-2)7(11)9-3-6(10)4-9/h5-6,8,10H,3-4H2,1-2H3. The van der Waals surface area contributed by atoms with Gasteiger partial charge in [0, 0.05) is 13.1 Å². The van der Waals surface area contributed by atoms with Crippen LogP contribution in [0.5, 0.6) is 0 Å². The fourth-order valence-corrected chi connectivity index (χ4v) is 1.03. The zero-order valence-corrected chi connectivity index (χ0v) is 6.87. The molecule has 4 heteroatoms. The average molecular weight is 158 g/mol. The molecule has 4 nitrogen and oxygen atoms in total. The lowest BCUT2D eigenvalue weighted by Crippen LogP contribution is -2.57. The van der Waals surface area contributed by atoms with Gasteiger partial charge < -0.3 is 15.3 Å². The van der Waals surface area contributed by atoms with Crippen LogP contribution in [0.25, 0.3) is 0 Å². The number of likely N-dealkylation sites (N-methyl/N-ethyl adjacent to an activating group) is 1. The van der Waals surface area contributed by atoms with Crippen molar-refractivity contribution in [3.8, 4) is 0 Å². The fourth-order valence-electron chi connectivity index (χ4n) is 1.03. The van der Waals surface area contributed by atoms with Crippen LogP contribution >= 0.6 is 0 Å². The SMILES string of the molecule is CNC(C)C(=O)N1CC(O)C1. The largest absolute Gasteiger partial charge is 0.389 e. The maximum atomic E-state index is 11.3. The summed E-state index contributed by atoms with van der Waals surface area (Å²) < 4.78 is 0. The highest BCUT2D eigenvalue weighted by molar-refractivity contribution is 5.82. The third-order valence-corrected chi connectivity index (χ3v) is 1.98. The molecule has 1 unspecified atom stereocenters. The molecule has 0 saturated carbocycles. The van der Waals surface area contributed by atoms with E-state index in [1.165, 1.54) is 0 Å². The molecule has 11 heavy (non-hydrogen) atoms. The van der Waals surface area contributed by atoms with Crippen LogP contribution in [0, 0.1) is 0 Å². The predicted octanol–water partition coefficient (Wildman–Crippen LogP) is -1.20. The Morgan fingerprint density at radius 1 is 1.73 bits per heavy atom. The molecule has 1 aliphatic rings. The topological polar surface area (TPSA) is 52.6 Å². The number of β-amino-alcohol motifs (C(OH)–C–C–N with tert-alkyl or cyclic N) is 1. The van der Waals surface area contributed by atoms with E-state index in [1.807, 2.05) is 6.92 Å². The molecule has 0 aromatic heterocycles. The predicted molar refractivity (Wildman–Crippen MR) is 41.1 cm³/mol. The van der Waals surface area contributed by atoms with E-state index in [-0.39, 0.29) is 18.1 Å². The first-order valence-corrected chi connectivity index (χ1v) is 3.79. The first-order valence-electron chi connectivity index (χ1n) is 3.79. The van der Waals surface area contributed by atoms with E-state index in [0.29, 0.717) is 13.1 Å². The Balaban J connectivity index is 2.31. The number of carbonyl (C=O) groups is 1. The second-order valence-electron chi connectivity index (χ2n) is 2.91. The lowest BCUT2D eigenvalue weighted by Gasteiger charge is -2.37. The summed E-state index contributed by atoms with van der Waals surface area (Å²) >= 11 is 0. The summed E-state index contributed by atoms with van der Waals surface area (Å²) in [5, 5.41) is 11.8. The molecule has 1 fully saturated rings. The highest BCUT2D eigenvalue weighted by Crippen LogP contribution is 2.08. The normalized spacial score (nSPS) is 21.2. The summed E-state index contributed by atoms with van der Waals surface area (Å²) in [6.45, 7) is 2.79. The molecule has 1 rings (SSSR count). The molecule has 1 atom stereocenters.